The average molecular weight is 219 g/mol. The Labute approximate surface area is 95.9 Å². The molecule has 1 aromatic rings. The maximum absolute atomic E-state index is 5.77. The van der Waals surface area contributed by atoms with Gasteiger partial charge in [-0.05, 0) is 11.5 Å². The Balaban J connectivity index is 1.72. The van der Waals surface area contributed by atoms with E-state index in [0.717, 1.165) is 19.6 Å². The van der Waals surface area contributed by atoms with Crippen LogP contribution in [0, 0.1) is 5.92 Å². The summed E-state index contributed by atoms with van der Waals surface area (Å²) < 4.78 is 5.59. The quantitative estimate of drug-likeness (QED) is 0.761. The van der Waals surface area contributed by atoms with Crippen molar-refractivity contribution in [2.24, 2.45) is 5.92 Å². The highest BCUT2D eigenvalue weighted by atomic mass is 16.8. The van der Waals surface area contributed by atoms with Crippen LogP contribution in [0.5, 0.6) is 0 Å². The molecule has 3 atom stereocenters. The van der Waals surface area contributed by atoms with Crippen molar-refractivity contribution in [2.45, 2.75) is 32.2 Å². The molecule has 2 aliphatic heterocycles. The van der Waals surface area contributed by atoms with Gasteiger partial charge in [-0.2, -0.15) is 5.06 Å². The average Bonchev–Trinajstić information content (AvgIpc) is 2.64. The Morgan fingerprint density at radius 2 is 2.12 bits per heavy atom. The molecule has 3 rings (SSSR count). The van der Waals surface area contributed by atoms with E-state index in [1.165, 1.54) is 5.56 Å². The van der Waals surface area contributed by atoms with Gasteiger partial charge in [0.2, 0.25) is 0 Å². The molecular formula is C13H17NO2. The lowest BCUT2D eigenvalue weighted by Gasteiger charge is -2.26. The van der Waals surface area contributed by atoms with Crippen LogP contribution in [0.4, 0.5) is 0 Å². The minimum Gasteiger partial charge on any atom is -0.350 e. The van der Waals surface area contributed by atoms with E-state index in [9.17, 15) is 0 Å². The Hall–Kier alpha value is -0.900. The number of ether oxygens (including phenoxy) is 1. The maximum atomic E-state index is 5.77. The van der Waals surface area contributed by atoms with E-state index in [-0.39, 0.29) is 6.29 Å². The molecule has 0 radical (unpaired) electrons. The van der Waals surface area contributed by atoms with Crippen LogP contribution in [0.3, 0.4) is 0 Å². The van der Waals surface area contributed by atoms with E-state index in [0.29, 0.717) is 12.0 Å². The standard InChI is InChI=1S/C13H17NO2/c1-10-9-15-13-7-12(10)14(16-13)8-11-5-3-2-4-6-11/h2-6,10,12-13H,7-9H2,1H3/t10-,12-,13+/m1/s1. The zero-order valence-electron chi connectivity index (χ0n) is 9.50. The van der Waals surface area contributed by atoms with Crippen molar-refractivity contribution in [1.29, 1.82) is 0 Å². The fourth-order valence-corrected chi connectivity index (χ4v) is 2.49. The normalized spacial score (nSPS) is 34.2. The summed E-state index contributed by atoms with van der Waals surface area (Å²) in [6.45, 7) is 3.91. The molecule has 0 aliphatic carbocycles. The second kappa shape index (κ2) is 4.17. The minimum atomic E-state index is -0.00934. The van der Waals surface area contributed by atoms with Crippen molar-refractivity contribution in [3.8, 4) is 0 Å². The molecule has 3 heteroatoms. The zero-order valence-corrected chi connectivity index (χ0v) is 9.50. The number of fused-ring (bicyclic) bond motifs is 2. The molecule has 16 heavy (non-hydrogen) atoms. The molecule has 0 N–H and O–H groups in total. The Kier molecular flexibility index (Phi) is 2.67. The SMILES string of the molecule is C[C@@H]1CO[C@@H]2C[C@H]1N(Cc1ccccc1)O2. The number of benzene rings is 1. The lowest BCUT2D eigenvalue weighted by atomic mass is 9.97. The van der Waals surface area contributed by atoms with Gasteiger partial charge in [0.1, 0.15) is 0 Å². The van der Waals surface area contributed by atoms with Crippen LogP contribution in [0.1, 0.15) is 18.9 Å². The monoisotopic (exact) mass is 219 g/mol. The highest BCUT2D eigenvalue weighted by Gasteiger charge is 2.41. The molecule has 0 amide bonds. The Bertz CT molecular complexity index is 354. The molecule has 2 bridgehead atoms. The highest BCUT2D eigenvalue weighted by molar-refractivity contribution is 5.14. The molecule has 2 heterocycles. The number of hydrogen-bond donors (Lipinski definition) is 0. The first-order chi connectivity index (χ1) is 7.83. The van der Waals surface area contributed by atoms with Crippen molar-refractivity contribution in [1.82, 2.24) is 5.06 Å². The maximum Gasteiger partial charge on any atom is 0.179 e. The summed E-state index contributed by atoms with van der Waals surface area (Å²) in [7, 11) is 0. The lowest BCUT2D eigenvalue weighted by Crippen LogP contribution is -2.35. The third-order valence-electron chi connectivity index (χ3n) is 3.44. The van der Waals surface area contributed by atoms with Gasteiger partial charge >= 0.3 is 0 Å². The van der Waals surface area contributed by atoms with Crippen LogP contribution in [0.15, 0.2) is 30.3 Å². The molecule has 2 aliphatic rings. The van der Waals surface area contributed by atoms with Gasteiger partial charge in [0.25, 0.3) is 0 Å². The van der Waals surface area contributed by atoms with E-state index in [1.54, 1.807) is 0 Å². The van der Waals surface area contributed by atoms with Gasteiger partial charge < -0.3 is 4.74 Å². The second-order valence-corrected chi connectivity index (χ2v) is 4.71. The third kappa shape index (κ3) is 1.86. The van der Waals surface area contributed by atoms with Crippen molar-refractivity contribution in [2.75, 3.05) is 6.61 Å². The predicted octanol–water partition coefficient (Wildman–Crippen LogP) is 2.18. The first-order valence-electron chi connectivity index (χ1n) is 5.92. The molecule has 86 valence electrons. The third-order valence-corrected chi connectivity index (χ3v) is 3.44. The number of hydrogen-bond acceptors (Lipinski definition) is 3. The van der Waals surface area contributed by atoms with Gasteiger partial charge in [-0.25, -0.2) is 0 Å². The van der Waals surface area contributed by atoms with E-state index in [1.807, 2.05) is 6.07 Å². The molecule has 2 saturated heterocycles. The zero-order chi connectivity index (χ0) is 11.0. The first-order valence-corrected chi connectivity index (χ1v) is 5.92. The van der Waals surface area contributed by atoms with Crippen LogP contribution in [-0.4, -0.2) is 24.0 Å². The van der Waals surface area contributed by atoms with Crippen LogP contribution >= 0.6 is 0 Å². The van der Waals surface area contributed by atoms with E-state index >= 15 is 0 Å². The Morgan fingerprint density at radius 3 is 2.94 bits per heavy atom. The van der Waals surface area contributed by atoms with Gasteiger partial charge in [-0.1, -0.05) is 37.3 Å². The molecule has 2 fully saturated rings. The van der Waals surface area contributed by atoms with Crippen LogP contribution in [0.25, 0.3) is 0 Å². The van der Waals surface area contributed by atoms with Gasteiger partial charge in [0, 0.05) is 19.0 Å². The summed E-state index contributed by atoms with van der Waals surface area (Å²) in [5, 5.41) is 2.09. The van der Waals surface area contributed by atoms with Gasteiger partial charge in [0.15, 0.2) is 6.29 Å². The van der Waals surface area contributed by atoms with Gasteiger partial charge in [-0.3, -0.25) is 4.84 Å². The fraction of sp³-hybridized carbons (Fsp3) is 0.538. The number of hydroxylamine groups is 2. The molecule has 3 nitrogen and oxygen atoms in total. The van der Waals surface area contributed by atoms with E-state index in [4.69, 9.17) is 9.57 Å². The van der Waals surface area contributed by atoms with Crippen molar-refractivity contribution in [3.63, 3.8) is 0 Å². The summed E-state index contributed by atoms with van der Waals surface area (Å²) in [6.07, 6.45) is 0.999. The van der Waals surface area contributed by atoms with Gasteiger partial charge in [-0.15, -0.1) is 0 Å². The number of rotatable bonds is 2. The van der Waals surface area contributed by atoms with Crippen molar-refractivity contribution >= 4 is 0 Å². The summed E-state index contributed by atoms with van der Waals surface area (Å²) in [4.78, 5) is 5.77. The van der Waals surface area contributed by atoms with Crippen LogP contribution in [0.2, 0.25) is 0 Å². The lowest BCUT2D eigenvalue weighted by molar-refractivity contribution is -0.228. The summed E-state index contributed by atoms with van der Waals surface area (Å²) >= 11 is 0. The molecular weight excluding hydrogens is 202 g/mol. The van der Waals surface area contributed by atoms with Gasteiger partial charge in [0.05, 0.1) is 6.61 Å². The summed E-state index contributed by atoms with van der Waals surface area (Å²) in [5.41, 5.74) is 1.29. The summed E-state index contributed by atoms with van der Waals surface area (Å²) in [5.74, 6) is 0.558. The van der Waals surface area contributed by atoms with Crippen molar-refractivity contribution in [3.05, 3.63) is 35.9 Å². The predicted molar refractivity (Wildman–Crippen MR) is 60.4 cm³/mol. The largest absolute Gasteiger partial charge is 0.350 e. The fourth-order valence-electron chi connectivity index (χ4n) is 2.49. The minimum absolute atomic E-state index is 0.00934. The number of nitrogens with zero attached hydrogens (tertiary/aromatic N) is 1. The smallest absolute Gasteiger partial charge is 0.179 e. The molecule has 1 aromatic carbocycles. The second-order valence-electron chi connectivity index (χ2n) is 4.71. The van der Waals surface area contributed by atoms with Crippen LogP contribution < -0.4 is 0 Å². The topological polar surface area (TPSA) is 21.7 Å². The molecule has 0 aromatic heterocycles. The van der Waals surface area contributed by atoms with E-state index in [2.05, 4.69) is 36.3 Å². The molecule has 0 unspecified atom stereocenters. The molecule has 0 spiro atoms. The van der Waals surface area contributed by atoms with Crippen LogP contribution in [-0.2, 0) is 16.1 Å². The molecule has 0 saturated carbocycles. The Morgan fingerprint density at radius 1 is 1.31 bits per heavy atom. The first kappa shape index (κ1) is 10.3. The summed E-state index contributed by atoms with van der Waals surface area (Å²) in [6, 6.07) is 11.0. The highest BCUT2D eigenvalue weighted by Crippen LogP contribution is 2.33. The van der Waals surface area contributed by atoms with E-state index < -0.39 is 0 Å². The van der Waals surface area contributed by atoms with Crippen molar-refractivity contribution < 1.29 is 9.57 Å².